The first-order chi connectivity index (χ1) is 21.3. The van der Waals surface area contributed by atoms with Gasteiger partial charge in [-0.15, -0.1) is 11.8 Å². The third-order valence-electron chi connectivity index (χ3n) is 9.81. The van der Waals surface area contributed by atoms with E-state index in [9.17, 15) is 19.2 Å². The Labute approximate surface area is 270 Å². The summed E-state index contributed by atoms with van der Waals surface area (Å²) in [6.07, 6.45) is 6.41. The maximum atomic E-state index is 13.2. The molecule has 45 heavy (non-hydrogen) atoms. The second-order valence-electron chi connectivity index (χ2n) is 13.8. The lowest BCUT2D eigenvalue weighted by atomic mass is 9.92. The van der Waals surface area contributed by atoms with Crippen LogP contribution in [-0.2, 0) is 23.5 Å². The van der Waals surface area contributed by atoms with Gasteiger partial charge in [-0.1, -0.05) is 26.8 Å². The summed E-state index contributed by atoms with van der Waals surface area (Å²) in [5.74, 6) is 0.311. The first-order valence-electron chi connectivity index (χ1n) is 15.7. The fraction of sp³-hybridized carbons (Fsp3) is 0.515. The van der Waals surface area contributed by atoms with E-state index in [4.69, 9.17) is 9.16 Å². The van der Waals surface area contributed by atoms with Crippen molar-refractivity contribution < 1.29 is 28.3 Å². The largest absolute Gasteiger partial charge is 0.444 e. The van der Waals surface area contributed by atoms with Crippen molar-refractivity contribution in [3.8, 4) is 0 Å². The molecule has 3 amide bonds. The van der Waals surface area contributed by atoms with Gasteiger partial charge < -0.3 is 19.4 Å². The number of amides is 3. The van der Waals surface area contributed by atoms with E-state index in [-0.39, 0.29) is 34.8 Å². The van der Waals surface area contributed by atoms with Crippen LogP contribution in [0.25, 0.3) is 0 Å². The molecule has 12 heteroatoms. The number of nitrogens with zero attached hydrogens (tertiary/aromatic N) is 3. The SMILES string of the molecule is CC(C)(C)[Si](C)(C)OCCN(CCC[C@@H]1CN(c2ccc3c(c2)NC(=O)CS3)C(=O)O1)C1CN2C(=O)CC=C3C=CC(=O)C1=C32. The maximum Gasteiger partial charge on any atom is 0.414 e. The van der Waals surface area contributed by atoms with Crippen LogP contribution in [0.1, 0.15) is 40.0 Å². The number of rotatable bonds is 10. The molecule has 1 unspecified atom stereocenters. The molecular weight excluding hydrogens is 609 g/mol. The number of hydrogen-bond donors (Lipinski definition) is 1. The second-order valence-corrected chi connectivity index (χ2v) is 19.6. The molecule has 1 aliphatic carbocycles. The average molecular weight is 651 g/mol. The Morgan fingerprint density at radius 3 is 2.67 bits per heavy atom. The zero-order valence-corrected chi connectivity index (χ0v) is 28.5. The Bertz CT molecular complexity index is 1530. The molecule has 1 aromatic rings. The third kappa shape index (κ3) is 6.29. The molecule has 0 spiro atoms. The summed E-state index contributed by atoms with van der Waals surface area (Å²) < 4.78 is 12.3. The molecule has 1 fully saturated rings. The molecule has 0 aromatic heterocycles. The number of carbonyl (C=O) groups excluding carboxylic acids is 4. The molecule has 1 saturated heterocycles. The standard InChI is InChI=1S/C33H42N4O6SSi/c1-33(2,3)45(4,5)42-16-15-35(25-19-37-29(40)13-9-21-8-11-26(38)30(25)31(21)37)14-6-7-23-18-36(32(41)43-23)22-10-12-27-24(17-22)34-28(39)20-44-27/h8-12,17,23,25H,6-7,13-16,18-20H2,1-5H3,(H,34,39)/t23-,25?/m1/s1. The van der Waals surface area contributed by atoms with Crippen LogP contribution in [0.4, 0.5) is 16.2 Å². The predicted molar refractivity (Wildman–Crippen MR) is 177 cm³/mol. The number of carbonyl (C=O) groups is 4. The summed E-state index contributed by atoms with van der Waals surface area (Å²) in [5, 5.41) is 2.96. The molecule has 4 heterocycles. The van der Waals surface area contributed by atoms with Gasteiger partial charge in [0.1, 0.15) is 6.10 Å². The third-order valence-corrected chi connectivity index (χ3v) is 15.4. The van der Waals surface area contributed by atoms with Crippen molar-refractivity contribution >= 4 is 55.1 Å². The monoisotopic (exact) mass is 650 g/mol. The van der Waals surface area contributed by atoms with Gasteiger partial charge >= 0.3 is 6.09 Å². The first kappa shape index (κ1) is 31.8. The van der Waals surface area contributed by atoms with Gasteiger partial charge in [-0.05, 0) is 73.4 Å². The summed E-state index contributed by atoms with van der Waals surface area (Å²) >= 11 is 1.48. The Hall–Kier alpha value is -3.19. The quantitative estimate of drug-likeness (QED) is 0.349. The number of benzene rings is 1. The molecule has 1 aromatic carbocycles. The van der Waals surface area contributed by atoms with Gasteiger partial charge in [0, 0.05) is 42.3 Å². The van der Waals surface area contributed by atoms with E-state index in [1.54, 1.807) is 15.9 Å². The number of allylic oxidation sites excluding steroid dienone is 2. The highest BCUT2D eigenvalue weighted by molar-refractivity contribution is 8.00. The molecule has 5 aliphatic rings. The van der Waals surface area contributed by atoms with Crippen LogP contribution in [0.3, 0.4) is 0 Å². The van der Waals surface area contributed by atoms with Crippen LogP contribution < -0.4 is 10.2 Å². The van der Waals surface area contributed by atoms with E-state index in [0.29, 0.717) is 68.3 Å². The topological polar surface area (TPSA) is 108 Å². The highest BCUT2D eigenvalue weighted by Crippen LogP contribution is 2.40. The normalized spacial score (nSPS) is 23.0. The number of ketones is 1. The molecule has 2 atom stereocenters. The van der Waals surface area contributed by atoms with Crippen molar-refractivity contribution in [2.24, 2.45) is 0 Å². The van der Waals surface area contributed by atoms with Gasteiger partial charge in [-0.25, -0.2) is 4.79 Å². The van der Waals surface area contributed by atoms with Gasteiger partial charge in [0.15, 0.2) is 14.1 Å². The number of ether oxygens (including phenoxy) is 1. The lowest BCUT2D eigenvalue weighted by Crippen LogP contribution is -2.47. The fourth-order valence-corrected chi connectivity index (χ4v) is 8.11. The van der Waals surface area contributed by atoms with Crippen LogP contribution >= 0.6 is 11.8 Å². The van der Waals surface area contributed by atoms with Crippen LogP contribution in [0, 0.1) is 0 Å². The Kier molecular flexibility index (Phi) is 8.61. The summed E-state index contributed by atoms with van der Waals surface area (Å²) in [6, 6.07) is 5.42. The zero-order valence-electron chi connectivity index (χ0n) is 26.7. The summed E-state index contributed by atoms with van der Waals surface area (Å²) in [7, 11) is -1.98. The van der Waals surface area contributed by atoms with E-state index in [0.717, 1.165) is 22.6 Å². The van der Waals surface area contributed by atoms with Crippen molar-refractivity contribution in [1.82, 2.24) is 9.80 Å². The van der Waals surface area contributed by atoms with E-state index in [2.05, 4.69) is 44.1 Å². The highest BCUT2D eigenvalue weighted by Gasteiger charge is 2.44. The number of nitrogens with one attached hydrogen (secondary N) is 1. The van der Waals surface area contributed by atoms with Gasteiger partial charge in [-0.3, -0.25) is 24.2 Å². The number of thioether (sulfide) groups is 1. The lowest BCUT2D eigenvalue weighted by Gasteiger charge is -2.37. The van der Waals surface area contributed by atoms with Crippen LogP contribution in [0.2, 0.25) is 18.1 Å². The highest BCUT2D eigenvalue weighted by atomic mass is 32.2. The molecule has 0 radical (unpaired) electrons. The second kappa shape index (κ2) is 12.2. The molecule has 10 nitrogen and oxygen atoms in total. The molecule has 4 aliphatic heterocycles. The van der Waals surface area contributed by atoms with Crippen molar-refractivity contribution in [1.29, 1.82) is 0 Å². The smallest absolute Gasteiger partial charge is 0.414 e. The van der Waals surface area contributed by atoms with E-state index < -0.39 is 14.4 Å². The van der Waals surface area contributed by atoms with Crippen LogP contribution in [0.15, 0.2) is 58.2 Å². The average Bonchev–Trinajstić information content (AvgIpc) is 3.56. The molecule has 240 valence electrons. The Balaban J connectivity index is 1.14. The minimum absolute atomic E-state index is 0.0209. The van der Waals surface area contributed by atoms with Crippen molar-refractivity contribution in [3.63, 3.8) is 0 Å². The minimum Gasteiger partial charge on any atom is -0.444 e. The zero-order chi connectivity index (χ0) is 32.1. The van der Waals surface area contributed by atoms with Gasteiger partial charge in [-0.2, -0.15) is 0 Å². The fourth-order valence-electron chi connectivity index (χ4n) is 6.28. The van der Waals surface area contributed by atoms with Crippen molar-refractivity contribution in [2.75, 3.05) is 48.8 Å². The molecule has 6 rings (SSSR count). The van der Waals surface area contributed by atoms with E-state index >= 15 is 0 Å². The van der Waals surface area contributed by atoms with Crippen LogP contribution in [-0.4, -0.2) is 92.5 Å². The Morgan fingerprint density at radius 2 is 1.89 bits per heavy atom. The first-order valence-corrected chi connectivity index (χ1v) is 19.6. The number of cyclic esters (lactones) is 1. The van der Waals surface area contributed by atoms with Crippen molar-refractivity contribution in [3.05, 3.63) is 53.3 Å². The summed E-state index contributed by atoms with van der Waals surface area (Å²) in [4.78, 5) is 57.6. The van der Waals surface area contributed by atoms with E-state index in [1.165, 1.54) is 11.8 Å². The predicted octanol–water partition coefficient (Wildman–Crippen LogP) is 5.09. The molecular formula is C33H42N4O6SSi. The van der Waals surface area contributed by atoms with Gasteiger partial charge in [0.2, 0.25) is 11.8 Å². The molecule has 1 N–H and O–H groups in total. The summed E-state index contributed by atoms with van der Waals surface area (Å²) in [5.41, 5.74) is 3.82. The maximum absolute atomic E-state index is 13.2. The minimum atomic E-state index is -1.98. The summed E-state index contributed by atoms with van der Waals surface area (Å²) in [6.45, 7) is 13.8. The molecule has 0 saturated carbocycles. The van der Waals surface area contributed by atoms with Gasteiger partial charge in [0.25, 0.3) is 0 Å². The molecule has 0 bridgehead atoms. The van der Waals surface area contributed by atoms with Gasteiger partial charge in [0.05, 0.1) is 29.7 Å². The Morgan fingerprint density at radius 1 is 1.09 bits per heavy atom. The number of hydrogen-bond acceptors (Lipinski definition) is 8. The number of fused-ring (bicyclic) bond motifs is 1. The lowest BCUT2D eigenvalue weighted by molar-refractivity contribution is -0.128. The van der Waals surface area contributed by atoms with E-state index in [1.807, 2.05) is 30.4 Å². The number of anilines is 2. The van der Waals surface area contributed by atoms with Crippen molar-refractivity contribution in [2.45, 2.75) is 75.2 Å². The van der Waals surface area contributed by atoms with Crippen LogP contribution in [0.5, 0.6) is 0 Å².